The molecule has 7 nitrogen and oxygen atoms in total. The van der Waals surface area contributed by atoms with E-state index in [0.29, 0.717) is 34.2 Å². The Hall–Kier alpha value is -2.39. The maximum absolute atomic E-state index is 12.7. The number of benzene rings is 1. The lowest BCUT2D eigenvalue weighted by Crippen LogP contribution is -2.27. The van der Waals surface area contributed by atoms with Gasteiger partial charge in [-0.2, -0.15) is 0 Å². The molecule has 2 heterocycles. The van der Waals surface area contributed by atoms with Gasteiger partial charge in [-0.25, -0.2) is 8.42 Å². The van der Waals surface area contributed by atoms with Gasteiger partial charge < -0.3 is 10.6 Å². The van der Waals surface area contributed by atoms with Crippen LogP contribution in [0.15, 0.2) is 30.3 Å². The zero-order valence-electron chi connectivity index (χ0n) is 16.9. The van der Waals surface area contributed by atoms with Gasteiger partial charge in [-0.3, -0.25) is 13.9 Å². The molecule has 0 unspecified atom stereocenters. The maximum atomic E-state index is 12.7. The quantitative estimate of drug-likeness (QED) is 0.763. The lowest BCUT2D eigenvalue weighted by molar-refractivity contribution is -0.123. The molecule has 1 aliphatic rings. The van der Waals surface area contributed by atoms with Crippen molar-refractivity contribution >= 4 is 49.6 Å². The first-order valence-corrected chi connectivity index (χ1v) is 11.7. The van der Waals surface area contributed by atoms with Crippen molar-refractivity contribution in [2.45, 2.75) is 34.1 Å². The fourth-order valence-electron chi connectivity index (χ4n) is 2.90. The van der Waals surface area contributed by atoms with Gasteiger partial charge in [0.15, 0.2) is 0 Å². The van der Waals surface area contributed by atoms with Crippen LogP contribution in [0.2, 0.25) is 0 Å². The molecule has 0 spiro atoms. The van der Waals surface area contributed by atoms with Gasteiger partial charge in [0.05, 0.1) is 21.3 Å². The molecular weight excluding hydrogens is 410 g/mol. The summed E-state index contributed by atoms with van der Waals surface area (Å²) in [5, 5.41) is 6.30. The van der Waals surface area contributed by atoms with E-state index < -0.39 is 15.4 Å². The Morgan fingerprint density at radius 3 is 2.31 bits per heavy atom. The van der Waals surface area contributed by atoms with Crippen molar-refractivity contribution in [2.75, 3.05) is 27.2 Å². The molecule has 1 aliphatic heterocycles. The number of rotatable bonds is 4. The van der Waals surface area contributed by atoms with E-state index in [-0.39, 0.29) is 17.6 Å². The molecule has 3 rings (SSSR count). The number of amides is 2. The number of nitrogens with zero attached hydrogens (tertiary/aromatic N) is 1. The summed E-state index contributed by atoms with van der Waals surface area (Å²) in [7, 11) is -3.23. The zero-order valence-corrected chi connectivity index (χ0v) is 18.5. The number of thiophene rings is 1. The number of carbonyl (C=O) groups is 2. The molecule has 2 amide bonds. The van der Waals surface area contributed by atoms with Crippen molar-refractivity contribution in [3.8, 4) is 0 Å². The van der Waals surface area contributed by atoms with Crippen LogP contribution in [0, 0.1) is 12.3 Å². The van der Waals surface area contributed by atoms with Crippen molar-refractivity contribution in [3.05, 3.63) is 40.8 Å². The minimum absolute atomic E-state index is 0.113. The molecule has 29 heavy (non-hydrogen) atoms. The summed E-state index contributed by atoms with van der Waals surface area (Å²) < 4.78 is 25.4. The van der Waals surface area contributed by atoms with E-state index in [4.69, 9.17) is 0 Å². The smallest absolute Gasteiger partial charge is 0.266 e. The molecule has 0 atom stereocenters. The Labute approximate surface area is 175 Å². The molecule has 1 saturated heterocycles. The van der Waals surface area contributed by atoms with E-state index in [0.717, 1.165) is 5.56 Å². The van der Waals surface area contributed by atoms with Crippen molar-refractivity contribution in [1.82, 2.24) is 0 Å². The van der Waals surface area contributed by atoms with Gasteiger partial charge in [0.1, 0.15) is 0 Å². The highest BCUT2D eigenvalue weighted by Gasteiger charge is 2.28. The number of hydrogen-bond donors (Lipinski definition) is 2. The van der Waals surface area contributed by atoms with Gasteiger partial charge in [-0.05, 0) is 49.2 Å². The van der Waals surface area contributed by atoms with Crippen LogP contribution in [0.3, 0.4) is 0 Å². The second-order valence-electron chi connectivity index (χ2n) is 8.07. The number of aryl methyl sites for hydroxylation is 1. The van der Waals surface area contributed by atoms with Crippen molar-refractivity contribution < 1.29 is 18.0 Å². The zero-order chi connectivity index (χ0) is 21.4. The fourth-order valence-corrected chi connectivity index (χ4v) is 5.42. The van der Waals surface area contributed by atoms with Crippen molar-refractivity contribution in [2.24, 2.45) is 5.41 Å². The third-order valence-electron chi connectivity index (χ3n) is 4.55. The minimum Gasteiger partial charge on any atom is -0.321 e. The first kappa shape index (κ1) is 21.3. The lowest BCUT2D eigenvalue weighted by Gasteiger charge is -2.17. The van der Waals surface area contributed by atoms with Crippen LogP contribution >= 0.6 is 11.3 Å². The third-order valence-corrected chi connectivity index (χ3v) is 7.58. The second-order valence-corrected chi connectivity index (χ2v) is 11.1. The summed E-state index contributed by atoms with van der Waals surface area (Å²) in [5.74, 6) is -0.222. The highest BCUT2D eigenvalue weighted by Crippen LogP contribution is 2.30. The molecule has 0 aliphatic carbocycles. The molecule has 2 aromatic rings. The normalized spacial score (nSPS) is 15.9. The van der Waals surface area contributed by atoms with Crippen LogP contribution in [0.1, 0.15) is 42.4 Å². The van der Waals surface area contributed by atoms with E-state index in [1.807, 2.05) is 27.7 Å². The van der Waals surface area contributed by atoms with Gasteiger partial charge in [-0.1, -0.05) is 20.8 Å². The van der Waals surface area contributed by atoms with Crippen molar-refractivity contribution in [3.63, 3.8) is 0 Å². The van der Waals surface area contributed by atoms with Gasteiger partial charge in [0.25, 0.3) is 5.91 Å². The van der Waals surface area contributed by atoms with E-state index in [1.165, 1.54) is 15.6 Å². The Morgan fingerprint density at radius 2 is 1.76 bits per heavy atom. The molecule has 0 radical (unpaired) electrons. The summed E-state index contributed by atoms with van der Waals surface area (Å²) in [4.78, 5) is 25.3. The maximum Gasteiger partial charge on any atom is 0.266 e. The van der Waals surface area contributed by atoms with Crippen LogP contribution in [-0.2, 0) is 14.8 Å². The second kappa shape index (κ2) is 7.79. The number of hydrogen-bond acceptors (Lipinski definition) is 5. The average molecular weight is 436 g/mol. The molecule has 0 saturated carbocycles. The van der Waals surface area contributed by atoms with Gasteiger partial charge >= 0.3 is 0 Å². The summed E-state index contributed by atoms with van der Waals surface area (Å²) in [6.45, 7) is 7.78. The molecule has 156 valence electrons. The first-order chi connectivity index (χ1) is 13.5. The van der Waals surface area contributed by atoms with E-state index in [9.17, 15) is 18.0 Å². The lowest BCUT2D eigenvalue weighted by atomic mass is 9.96. The first-order valence-electron chi connectivity index (χ1n) is 9.31. The van der Waals surface area contributed by atoms with Crippen LogP contribution in [0.5, 0.6) is 0 Å². The number of nitrogens with one attached hydrogen (secondary N) is 2. The largest absolute Gasteiger partial charge is 0.321 e. The van der Waals surface area contributed by atoms with Crippen LogP contribution < -0.4 is 14.9 Å². The molecule has 2 N–H and O–H groups in total. The predicted octanol–water partition coefficient (Wildman–Crippen LogP) is 3.83. The van der Waals surface area contributed by atoms with E-state index in [2.05, 4.69) is 10.6 Å². The molecule has 1 fully saturated rings. The average Bonchev–Trinajstić information content (AvgIpc) is 3.16. The predicted molar refractivity (Wildman–Crippen MR) is 117 cm³/mol. The SMILES string of the molecule is Cc1cc(NC(=O)C(C)(C)C)sc1C(=O)Nc1ccc(N2CCCS2(=O)=O)cc1. The minimum atomic E-state index is -3.23. The third kappa shape index (κ3) is 4.79. The van der Waals surface area contributed by atoms with Gasteiger partial charge in [-0.15, -0.1) is 11.3 Å². The summed E-state index contributed by atoms with van der Waals surface area (Å²) in [6.07, 6.45) is 0.618. The molecular formula is C20H25N3O4S2. The number of sulfonamides is 1. The highest BCUT2D eigenvalue weighted by molar-refractivity contribution is 7.93. The Bertz CT molecular complexity index is 1030. The summed E-state index contributed by atoms with van der Waals surface area (Å²) in [5.41, 5.74) is 1.42. The van der Waals surface area contributed by atoms with E-state index in [1.54, 1.807) is 30.3 Å². The Balaban J connectivity index is 1.70. The molecule has 0 bridgehead atoms. The van der Waals surface area contributed by atoms with E-state index >= 15 is 0 Å². The summed E-state index contributed by atoms with van der Waals surface area (Å²) >= 11 is 1.22. The molecule has 1 aromatic heterocycles. The Kier molecular flexibility index (Phi) is 5.73. The monoisotopic (exact) mass is 435 g/mol. The number of anilines is 3. The molecule has 9 heteroatoms. The van der Waals surface area contributed by atoms with Crippen molar-refractivity contribution in [1.29, 1.82) is 0 Å². The van der Waals surface area contributed by atoms with Gasteiger partial charge in [0.2, 0.25) is 15.9 Å². The van der Waals surface area contributed by atoms with Crippen LogP contribution in [0.25, 0.3) is 0 Å². The van der Waals surface area contributed by atoms with Crippen LogP contribution in [0.4, 0.5) is 16.4 Å². The fraction of sp³-hybridized carbons (Fsp3) is 0.400. The van der Waals surface area contributed by atoms with Gasteiger partial charge in [0, 0.05) is 17.6 Å². The standard InChI is InChI=1S/C20H25N3O4S2/c1-13-12-16(22-19(25)20(2,3)4)28-17(13)18(24)21-14-6-8-15(9-7-14)23-10-5-11-29(23,26)27/h6-9,12H,5,10-11H2,1-4H3,(H,21,24)(H,22,25). The number of carbonyl (C=O) groups excluding carboxylic acids is 2. The summed E-state index contributed by atoms with van der Waals surface area (Å²) in [6, 6.07) is 8.53. The highest BCUT2D eigenvalue weighted by atomic mass is 32.2. The molecule has 1 aromatic carbocycles. The topological polar surface area (TPSA) is 95.6 Å². The van der Waals surface area contributed by atoms with Crippen LogP contribution in [-0.4, -0.2) is 32.5 Å². The Morgan fingerprint density at radius 1 is 1.10 bits per heavy atom.